The number of hydrogen-bond acceptors (Lipinski definition) is 4. The molecule has 2 aromatic rings. The van der Waals surface area contributed by atoms with Crippen molar-refractivity contribution in [3.05, 3.63) is 58.7 Å². The predicted octanol–water partition coefficient (Wildman–Crippen LogP) is 2.62. The largest absolute Gasteiger partial charge is 0.381 e. The van der Waals surface area contributed by atoms with Gasteiger partial charge in [0.05, 0.1) is 0 Å². The summed E-state index contributed by atoms with van der Waals surface area (Å²) in [5.74, 6) is -0.0304. The van der Waals surface area contributed by atoms with E-state index >= 15 is 0 Å². The van der Waals surface area contributed by atoms with Crippen LogP contribution in [0.3, 0.4) is 0 Å². The zero-order valence-corrected chi connectivity index (χ0v) is 14.2. The monoisotopic (exact) mass is 310 g/mol. The minimum atomic E-state index is -1.20. The molecule has 4 nitrogen and oxygen atoms in total. The summed E-state index contributed by atoms with van der Waals surface area (Å²) in [6.45, 7) is 1.76. The Balaban J connectivity index is 2.26. The van der Waals surface area contributed by atoms with Gasteiger partial charge in [0.15, 0.2) is 5.78 Å². The van der Waals surface area contributed by atoms with Crippen LogP contribution in [0.1, 0.15) is 34.0 Å². The van der Waals surface area contributed by atoms with Crippen molar-refractivity contribution in [1.82, 2.24) is 0 Å². The smallest absolute Gasteiger partial charge is 0.193 e. The van der Waals surface area contributed by atoms with E-state index in [1.165, 1.54) is 0 Å². The lowest BCUT2D eigenvalue weighted by Gasteiger charge is -2.34. The number of benzene rings is 2. The Labute approximate surface area is 137 Å². The molecule has 0 aromatic heterocycles. The third-order valence-corrected chi connectivity index (χ3v) is 4.58. The van der Waals surface area contributed by atoms with Gasteiger partial charge in [-0.05, 0) is 43.3 Å². The van der Waals surface area contributed by atoms with E-state index in [1.54, 1.807) is 6.92 Å². The minimum Gasteiger partial charge on any atom is -0.381 e. The molecule has 23 heavy (non-hydrogen) atoms. The maximum absolute atomic E-state index is 12.8. The Morgan fingerprint density at radius 1 is 0.826 bits per heavy atom. The maximum Gasteiger partial charge on any atom is 0.193 e. The van der Waals surface area contributed by atoms with Crippen LogP contribution in [0.4, 0.5) is 11.4 Å². The molecule has 1 aliphatic carbocycles. The summed E-state index contributed by atoms with van der Waals surface area (Å²) in [5, 5.41) is 11.2. The molecule has 120 valence electrons. The molecule has 2 aromatic carbocycles. The molecular formula is C19H22N2O2. The van der Waals surface area contributed by atoms with Crippen LogP contribution < -0.4 is 9.80 Å². The first kappa shape index (κ1) is 15.6. The quantitative estimate of drug-likeness (QED) is 0.926. The van der Waals surface area contributed by atoms with Crippen LogP contribution in [-0.2, 0) is 5.60 Å². The van der Waals surface area contributed by atoms with Crippen molar-refractivity contribution in [3.8, 4) is 0 Å². The lowest BCUT2D eigenvalue weighted by molar-refractivity contribution is 0.0863. The van der Waals surface area contributed by atoms with Gasteiger partial charge in [-0.1, -0.05) is 0 Å². The fraction of sp³-hybridized carbons (Fsp3) is 0.316. The van der Waals surface area contributed by atoms with Gasteiger partial charge in [0.25, 0.3) is 0 Å². The number of anilines is 2. The average molecular weight is 310 g/mol. The number of hydrogen-bond donors (Lipinski definition) is 1. The first-order valence-electron chi connectivity index (χ1n) is 7.64. The summed E-state index contributed by atoms with van der Waals surface area (Å²) in [6.07, 6.45) is 0. The van der Waals surface area contributed by atoms with Crippen LogP contribution >= 0.6 is 0 Å². The van der Waals surface area contributed by atoms with Gasteiger partial charge in [-0.2, -0.15) is 0 Å². The number of rotatable bonds is 2. The molecule has 0 spiro atoms. The Bertz CT molecular complexity index is 728. The first-order chi connectivity index (χ1) is 10.7. The zero-order valence-electron chi connectivity index (χ0n) is 14.2. The number of aliphatic hydroxyl groups is 1. The Morgan fingerprint density at radius 3 is 1.57 bits per heavy atom. The van der Waals surface area contributed by atoms with E-state index in [1.807, 2.05) is 74.4 Å². The van der Waals surface area contributed by atoms with Crippen LogP contribution in [0.25, 0.3) is 0 Å². The van der Waals surface area contributed by atoms with Gasteiger partial charge in [-0.25, -0.2) is 0 Å². The van der Waals surface area contributed by atoms with Crippen molar-refractivity contribution in [2.24, 2.45) is 0 Å². The molecule has 0 fully saturated rings. The molecule has 3 rings (SSSR count). The predicted molar refractivity (Wildman–Crippen MR) is 93.6 cm³/mol. The van der Waals surface area contributed by atoms with Crippen molar-refractivity contribution in [2.45, 2.75) is 12.5 Å². The van der Waals surface area contributed by atoms with E-state index in [2.05, 4.69) is 0 Å². The molecule has 0 aliphatic heterocycles. The van der Waals surface area contributed by atoms with E-state index in [9.17, 15) is 9.90 Å². The molecule has 0 heterocycles. The molecule has 0 amide bonds. The van der Waals surface area contributed by atoms with Gasteiger partial charge < -0.3 is 14.9 Å². The maximum atomic E-state index is 12.8. The normalized spacial score (nSPS) is 15.0. The summed E-state index contributed by atoms with van der Waals surface area (Å²) in [6, 6.07) is 11.2. The zero-order chi connectivity index (χ0) is 16.9. The number of ketones is 1. The van der Waals surface area contributed by atoms with Gasteiger partial charge in [0.1, 0.15) is 5.60 Å². The molecule has 1 aliphatic rings. The SMILES string of the molecule is CN(C)c1ccc2c(c1)C(C)(O)c1cc(N(C)C)ccc1C2=O. The summed E-state index contributed by atoms with van der Waals surface area (Å²) in [7, 11) is 7.77. The lowest BCUT2D eigenvalue weighted by Crippen LogP contribution is -2.33. The highest BCUT2D eigenvalue weighted by Gasteiger charge is 2.39. The lowest BCUT2D eigenvalue weighted by atomic mass is 9.75. The minimum absolute atomic E-state index is 0.0304. The van der Waals surface area contributed by atoms with Crippen molar-refractivity contribution in [2.75, 3.05) is 38.0 Å². The van der Waals surface area contributed by atoms with Crippen molar-refractivity contribution < 1.29 is 9.90 Å². The highest BCUT2D eigenvalue weighted by Crippen LogP contribution is 2.42. The van der Waals surface area contributed by atoms with Crippen LogP contribution in [0, 0.1) is 0 Å². The first-order valence-corrected chi connectivity index (χ1v) is 7.64. The fourth-order valence-corrected chi connectivity index (χ4v) is 3.11. The molecule has 0 radical (unpaired) electrons. The molecule has 0 bridgehead atoms. The number of fused-ring (bicyclic) bond motifs is 2. The molecule has 0 atom stereocenters. The van der Waals surface area contributed by atoms with E-state index in [-0.39, 0.29) is 5.78 Å². The van der Waals surface area contributed by atoms with E-state index in [0.29, 0.717) is 22.3 Å². The second-order valence-electron chi connectivity index (χ2n) is 6.65. The third-order valence-electron chi connectivity index (χ3n) is 4.58. The summed E-state index contributed by atoms with van der Waals surface area (Å²) in [4.78, 5) is 16.7. The molecule has 0 saturated carbocycles. The van der Waals surface area contributed by atoms with Crippen LogP contribution in [0.2, 0.25) is 0 Å². The third kappa shape index (κ3) is 2.30. The average Bonchev–Trinajstić information content (AvgIpc) is 2.51. The Kier molecular flexibility index (Phi) is 3.45. The summed E-state index contributed by atoms with van der Waals surface area (Å²) >= 11 is 0. The fourth-order valence-electron chi connectivity index (χ4n) is 3.11. The van der Waals surface area contributed by atoms with Gasteiger partial charge in [-0.15, -0.1) is 0 Å². The second-order valence-corrected chi connectivity index (χ2v) is 6.65. The number of carbonyl (C=O) groups is 1. The summed E-state index contributed by atoms with van der Waals surface area (Å²) in [5.41, 5.74) is 3.20. The van der Waals surface area contributed by atoms with Gasteiger partial charge in [0.2, 0.25) is 0 Å². The van der Waals surface area contributed by atoms with Crippen molar-refractivity contribution in [3.63, 3.8) is 0 Å². The van der Waals surface area contributed by atoms with Crippen LogP contribution in [0.15, 0.2) is 36.4 Å². The van der Waals surface area contributed by atoms with Crippen LogP contribution in [0.5, 0.6) is 0 Å². The molecular weight excluding hydrogens is 288 g/mol. The standard InChI is InChI=1S/C19H22N2O2/c1-19(23)16-10-12(20(2)3)6-8-14(16)18(22)15-9-7-13(21(4)5)11-17(15)19/h6-11,23H,1-5H3. The number of carbonyl (C=O) groups excluding carboxylic acids is 1. The Hall–Kier alpha value is -2.33. The summed E-state index contributed by atoms with van der Waals surface area (Å²) < 4.78 is 0. The number of nitrogens with zero attached hydrogens (tertiary/aromatic N) is 2. The van der Waals surface area contributed by atoms with E-state index in [4.69, 9.17) is 0 Å². The highest BCUT2D eigenvalue weighted by atomic mass is 16.3. The molecule has 0 unspecified atom stereocenters. The molecule has 4 heteroatoms. The van der Waals surface area contributed by atoms with E-state index in [0.717, 1.165) is 11.4 Å². The highest BCUT2D eigenvalue weighted by molar-refractivity contribution is 6.13. The second kappa shape index (κ2) is 5.10. The van der Waals surface area contributed by atoms with Crippen molar-refractivity contribution >= 4 is 17.2 Å². The Morgan fingerprint density at radius 2 is 1.22 bits per heavy atom. The van der Waals surface area contributed by atoms with Gasteiger partial charge in [-0.3, -0.25) is 4.79 Å². The van der Waals surface area contributed by atoms with Gasteiger partial charge >= 0.3 is 0 Å². The van der Waals surface area contributed by atoms with E-state index < -0.39 is 5.60 Å². The topological polar surface area (TPSA) is 43.8 Å². The van der Waals surface area contributed by atoms with Gasteiger partial charge in [0, 0.05) is 61.8 Å². The van der Waals surface area contributed by atoms with Crippen molar-refractivity contribution in [1.29, 1.82) is 0 Å². The molecule has 0 saturated heterocycles. The van der Waals surface area contributed by atoms with Crippen LogP contribution in [-0.4, -0.2) is 39.1 Å². The molecule has 1 N–H and O–H groups in total.